The molecule has 0 saturated carbocycles. The first-order valence-electron chi connectivity index (χ1n) is 6.35. The fraction of sp³-hybridized carbons (Fsp3) is 0.375. The maximum atomic E-state index is 12.1. The van der Waals surface area contributed by atoms with Crippen LogP contribution < -0.4 is 0 Å². The molecule has 1 aromatic carbocycles. The Balaban J connectivity index is 3.16. The van der Waals surface area contributed by atoms with Crippen molar-refractivity contribution in [1.29, 1.82) is 0 Å². The van der Waals surface area contributed by atoms with Crippen LogP contribution in [0, 0.1) is 5.41 Å². The molecule has 1 rings (SSSR count). The molecule has 0 N–H and O–H groups in total. The van der Waals surface area contributed by atoms with Gasteiger partial charge in [0.25, 0.3) is 0 Å². The van der Waals surface area contributed by atoms with Crippen molar-refractivity contribution in [2.24, 2.45) is 5.41 Å². The fourth-order valence-electron chi connectivity index (χ4n) is 1.80. The van der Waals surface area contributed by atoms with Crippen molar-refractivity contribution >= 4 is 17.8 Å². The number of ether oxygens (including phenoxy) is 1. The van der Waals surface area contributed by atoms with Crippen molar-refractivity contribution in [1.82, 2.24) is 0 Å². The van der Waals surface area contributed by atoms with Crippen LogP contribution in [-0.4, -0.2) is 18.4 Å². The van der Waals surface area contributed by atoms with Gasteiger partial charge in [-0.3, -0.25) is 9.59 Å². The van der Waals surface area contributed by atoms with Crippen LogP contribution in [0.3, 0.4) is 0 Å². The van der Waals surface area contributed by atoms with E-state index in [-0.39, 0.29) is 12.4 Å². The molecule has 0 aliphatic heterocycles. The number of Topliss-reactive ketones (excluding diaryl/α,β-unsaturated/α-hetero) is 1. The third kappa shape index (κ3) is 3.31. The van der Waals surface area contributed by atoms with Crippen LogP contribution in [0.4, 0.5) is 0 Å². The number of carbonyl (C=O) groups excluding carboxylic acids is 2. The highest BCUT2D eigenvalue weighted by atomic mass is 16.5. The van der Waals surface area contributed by atoms with Crippen molar-refractivity contribution in [3.63, 3.8) is 0 Å². The average Bonchev–Trinajstić information content (AvgIpc) is 2.38. The number of rotatable bonds is 5. The van der Waals surface area contributed by atoms with Gasteiger partial charge in [-0.1, -0.05) is 36.4 Å². The molecule has 1 aromatic rings. The van der Waals surface area contributed by atoms with Gasteiger partial charge in [-0.15, -0.1) is 0 Å². The van der Waals surface area contributed by atoms with Crippen molar-refractivity contribution in [3.8, 4) is 0 Å². The van der Waals surface area contributed by atoms with E-state index in [1.54, 1.807) is 20.8 Å². The van der Waals surface area contributed by atoms with E-state index in [0.29, 0.717) is 5.57 Å². The molecule has 0 fully saturated rings. The first-order chi connectivity index (χ1) is 8.92. The number of esters is 1. The number of hydrogen-bond acceptors (Lipinski definition) is 3. The second kappa shape index (κ2) is 6.32. The van der Waals surface area contributed by atoms with E-state index >= 15 is 0 Å². The highest BCUT2D eigenvalue weighted by Gasteiger charge is 2.41. The molecular weight excluding hydrogens is 240 g/mol. The van der Waals surface area contributed by atoms with Gasteiger partial charge in [-0.05, 0) is 38.8 Å². The minimum Gasteiger partial charge on any atom is -0.465 e. The Morgan fingerprint density at radius 1 is 1.21 bits per heavy atom. The van der Waals surface area contributed by atoms with Gasteiger partial charge in [0.15, 0.2) is 5.78 Å². The highest BCUT2D eigenvalue weighted by Crippen LogP contribution is 2.31. The Morgan fingerprint density at radius 3 is 2.26 bits per heavy atom. The minimum atomic E-state index is -1.22. The lowest BCUT2D eigenvalue weighted by Crippen LogP contribution is -2.37. The Bertz CT molecular complexity index is 488. The van der Waals surface area contributed by atoms with Gasteiger partial charge >= 0.3 is 5.97 Å². The molecule has 102 valence electrons. The summed E-state index contributed by atoms with van der Waals surface area (Å²) in [5.74, 6) is -0.706. The predicted octanol–water partition coefficient (Wildman–Crippen LogP) is 3.25. The van der Waals surface area contributed by atoms with Gasteiger partial charge in [-0.2, -0.15) is 0 Å². The zero-order valence-electron chi connectivity index (χ0n) is 11.9. The monoisotopic (exact) mass is 260 g/mol. The van der Waals surface area contributed by atoms with Crippen LogP contribution in [0.1, 0.15) is 33.3 Å². The van der Waals surface area contributed by atoms with Crippen LogP contribution in [0.2, 0.25) is 0 Å². The summed E-state index contributed by atoms with van der Waals surface area (Å²) in [7, 11) is 0. The summed E-state index contributed by atoms with van der Waals surface area (Å²) in [5, 5.41) is 0. The highest BCUT2D eigenvalue weighted by molar-refractivity contribution is 6.06. The maximum Gasteiger partial charge on any atom is 0.323 e. The molecule has 0 bridgehead atoms. The molecule has 0 saturated heterocycles. The second-order valence-electron chi connectivity index (χ2n) is 4.64. The zero-order chi connectivity index (χ0) is 14.5. The van der Waals surface area contributed by atoms with Crippen LogP contribution >= 0.6 is 0 Å². The minimum absolute atomic E-state index is 0.212. The normalized spacial score (nSPS) is 14.6. The lowest BCUT2D eigenvalue weighted by molar-refractivity contribution is -0.155. The van der Waals surface area contributed by atoms with E-state index in [1.165, 1.54) is 6.92 Å². The molecule has 3 heteroatoms. The van der Waals surface area contributed by atoms with Crippen molar-refractivity contribution in [2.45, 2.75) is 27.7 Å². The molecule has 0 spiro atoms. The number of carbonyl (C=O) groups is 2. The fourth-order valence-corrected chi connectivity index (χ4v) is 1.80. The second-order valence-corrected chi connectivity index (χ2v) is 4.64. The molecule has 0 aliphatic carbocycles. The first-order valence-corrected chi connectivity index (χ1v) is 6.35. The lowest BCUT2D eigenvalue weighted by atomic mass is 9.78. The number of benzene rings is 1. The van der Waals surface area contributed by atoms with Gasteiger partial charge in [0.2, 0.25) is 0 Å². The van der Waals surface area contributed by atoms with Crippen molar-refractivity contribution < 1.29 is 14.3 Å². The van der Waals surface area contributed by atoms with E-state index in [4.69, 9.17) is 4.74 Å². The van der Waals surface area contributed by atoms with Gasteiger partial charge in [-0.25, -0.2) is 0 Å². The lowest BCUT2D eigenvalue weighted by Gasteiger charge is -2.25. The maximum absolute atomic E-state index is 12.1. The van der Waals surface area contributed by atoms with Crippen LogP contribution in [0.5, 0.6) is 0 Å². The predicted molar refractivity (Wildman–Crippen MR) is 75.5 cm³/mol. The van der Waals surface area contributed by atoms with E-state index < -0.39 is 11.4 Å². The molecule has 1 unspecified atom stereocenters. The van der Waals surface area contributed by atoms with Gasteiger partial charge in [0, 0.05) is 0 Å². The Kier molecular flexibility index (Phi) is 5.04. The summed E-state index contributed by atoms with van der Waals surface area (Å²) < 4.78 is 5.03. The van der Waals surface area contributed by atoms with E-state index in [1.807, 2.05) is 36.4 Å². The molecule has 1 atom stereocenters. The largest absolute Gasteiger partial charge is 0.465 e. The molecule has 0 heterocycles. The Morgan fingerprint density at radius 2 is 1.79 bits per heavy atom. The summed E-state index contributed by atoms with van der Waals surface area (Å²) in [6.07, 6.45) is 1.85. The van der Waals surface area contributed by atoms with Crippen molar-refractivity contribution in [3.05, 3.63) is 41.5 Å². The summed E-state index contributed by atoms with van der Waals surface area (Å²) in [5.41, 5.74) is 0.424. The summed E-state index contributed by atoms with van der Waals surface area (Å²) in [4.78, 5) is 23.9. The average molecular weight is 260 g/mol. The summed E-state index contributed by atoms with van der Waals surface area (Å²) in [6.45, 7) is 6.81. The third-order valence-electron chi connectivity index (χ3n) is 3.36. The van der Waals surface area contributed by atoms with Crippen molar-refractivity contribution in [2.75, 3.05) is 6.61 Å². The topological polar surface area (TPSA) is 43.4 Å². The van der Waals surface area contributed by atoms with Gasteiger partial charge in [0.1, 0.15) is 5.41 Å². The molecule has 0 aliphatic rings. The Hall–Kier alpha value is -1.90. The van der Waals surface area contributed by atoms with Gasteiger partial charge in [0.05, 0.1) is 6.61 Å². The van der Waals surface area contributed by atoms with Crippen LogP contribution in [0.15, 0.2) is 35.9 Å². The van der Waals surface area contributed by atoms with E-state index in [0.717, 1.165) is 5.56 Å². The Labute approximate surface area is 114 Å². The smallest absolute Gasteiger partial charge is 0.323 e. The molecule has 19 heavy (non-hydrogen) atoms. The number of hydrogen-bond donors (Lipinski definition) is 0. The zero-order valence-corrected chi connectivity index (χ0v) is 11.9. The van der Waals surface area contributed by atoms with E-state index in [9.17, 15) is 9.59 Å². The van der Waals surface area contributed by atoms with Crippen LogP contribution in [0.25, 0.3) is 6.08 Å². The quantitative estimate of drug-likeness (QED) is 0.603. The SMILES string of the molecule is CCOC(=O)C(C)(C(C)=O)/C(C)=C/c1ccccc1. The van der Waals surface area contributed by atoms with Crippen LogP contribution in [-0.2, 0) is 14.3 Å². The summed E-state index contributed by atoms with van der Waals surface area (Å²) >= 11 is 0. The molecule has 3 nitrogen and oxygen atoms in total. The summed E-state index contributed by atoms with van der Waals surface area (Å²) in [6, 6.07) is 9.59. The molecule has 0 radical (unpaired) electrons. The molecular formula is C16H20O3. The standard InChI is InChI=1S/C16H20O3/c1-5-19-15(18)16(4,13(3)17)12(2)11-14-9-7-6-8-10-14/h6-11H,5H2,1-4H3/b12-11+. The van der Waals surface area contributed by atoms with Gasteiger partial charge < -0.3 is 4.74 Å². The molecule has 0 aromatic heterocycles. The number of ketones is 1. The third-order valence-corrected chi connectivity index (χ3v) is 3.36. The van der Waals surface area contributed by atoms with E-state index in [2.05, 4.69) is 0 Å². The molecule has 0 amide bonds. The first kappa shape index (κ1) is 15.2.